The summed E-state index contributed by atoms with van der Waals surface area (Å²) >= 11 is 6.40. The van der Waals surface area contributed by atoms with E-state index < -0.39 is 0 Å². The van der Waals surface area contributed by atoms with E-state index in [4.69, 9.17) is 11.6 Å². The number of fused-ring (bicyclic) bond motifs is 5. The average Bonchev–Trinajstić information content (AvgIpc) is 2.95. The Morgan fingerprint density at radius 1 is 1.03 bits per heavy atom. The van der Waals surface area contributed by atoms with Crippen molar-refractivity contribution in [2.24, 2.45) is 28.6 Å². The first-order valence-corrected chi connectivity index (χ1v) is 11.7. The maximum absolute atomic E-state index is 11.4. The quantitative estimate of drug-likeness (QED) is 0.554. The first kappa shape index (κ1) is 19.8. The Morgan fingerprint density at radius 2 is 1.83 bits per heavy atom. The van der Waals surface area contributed by atoms with Crippen molar-refractivity contribution in [1.29, 1.82) is 0 Å². The molecule has 156 valence electrons. The topological polar surface area (TPSA) is 40.5 Å². The van der Waals surface area contributed by atoms with Gasteiger partial charge in [-0.2, -0.15) is 0 Å². The fraction of sp³-hybridized carbons (Fsp3) is 0.615. The lowest BCUT2D eigenvalue weighted by Gasteiger charge is -2.57. The van der Waals surface area contributed by atoms with Gasteiger partial charge in [-0.1, -0.05) is 61.4 Å². The first-order valence-electron chi connectivity index (χ1n) is 11.3. The second kappa shape index (κ2) is 6.97. The maximum Gasteiger partial charge on any atom is 0.0809 e. The van der Waals surface area contributed by atoms with Crippen LogP contribution < -0.4 is 0 Å². The average molecular weight is 413 g/mol. The summed E-state index contributed by atoms with van der Waals surface area (Å²) in [4.78, 5) is 0. The Morgan fingerprint density at radius 3 is 2.62 bits per heavy atom. The van der Waals surface area contributed by atoms with E-state index in [1.54, 1.807) is 0 Å². The number of allylic oxidation sites excluding steroid dienone is 1. The SMILES string of the molecule is C[C@]12CC[C@@H]3[C@H](CC=C4C[C@@H](O)CC[C@@]43C)[C@H]1C/C(=C\c1ccccc1Cl)[C@H]2O. The molecule has 1 aromatic carbocycles. The highest BCUT2D eigenvalue weighted by Crippen LogP contribution is 2.65. The van der Waals surface area contributed by atoms with Crippen LogP contribution >= 0.6 is 11.6 Å². The van der Waals surface area contributed by atoms with Crippen molar-refractivity contribution < 1.29 is 10.2 Å². The Kier molecular flexibility index (Phi) is 4.77. The van der Waals surface area contributed by atoms with Crippen LogP contribution in [0, 0.1) is 28.6 Å². The molecule has 0 aliphatic heterocycles. The summed E-state index contributed by atoms with van der Waals surface area (Å²) < 4.78 is 0. The zero-order valence-corrected chi connectivity index (χ0v) is 18.3. The molecule has 4 aliphatic carbocycles. The smallest absolute Gasteiger partial charge is 0.0809 e. The molecule has 29 heavy (non-hydrogen) atoms. The van der Waals surface area contributed by atoms with Crippen LogP contribution in [-0.4, -0.2) is 22.4 Å². The van der Waals surface area contributed by atoms with Gasteiger partial charge in [-0.3, -0.25) is 0 Å². The molecule has 3 saturated carbocycles. The Balaban J connectivity index is 1.48. The van der Waals surface area contributed by atoms with Gasteiger partial charge in [-0.15, -0.1) is 0 Å². The van der Waals surface area contributed by atoms with Gasteiger partial charge in [-0.25, -0.2) is 0 Å². The van der Waals surface area contributed by atoms with E-state index in [1.807, 2.05) is 24.3 Å². The summed E-state index contributed by atoms with van der Waals surface area (Å²) in [7, 11) is 0. The molecular formula is C26H33ClO2. The summed E-state index contributed by atoms with van der Waals surface area (Å²) in [6, 6.07) is 7.93. The summed E-state index contributed by atoms with van der Waals surface area (Å²) in [5.74, 6) is 1.83. The van der Waals surface area contributed by atoms with Crippen LogP contribution in [-0.2, 0) is 0 Å². The van der Waals surface area contributed by atoms with Crippen molar-refractivity contribution in [3.63, 3.8) is 0 Å². The molecule has 5 rings (SSSR count). The lowest BCUT2D eigenvalue weighted by Crippen LogP contribution is -2.51. The first-order chi connectivity index (χ1) is 13.8. The van der Waals surface area contributed by atoms with Gasteiger partial charge in [0.2, 0.25) is 0 Å². The Bertz CT molecular complexity index is 873. The summed E-state index contributed by atoms with van der Waals surface area (Å²) in [5.41, 5.74) is 3.88. The lowest BCUT2D eigenvalue weighted by molar-refractivity contribution is -0.0685. The van der Waals surface area contributed by atoms with Crippen molar-refractivity contribution >= 4 is 17.7 Å². The van der Waals surface area contributed by atoms with Crippen LogP contribution in [0.15, 0.2) is 41.5 Å². The molecular weight excluding hydrogens is 380 g/mol. The number of benzene rings is 1. The second-order valence-corrected chi connectivity index (χ2v) is 11.0. The molecule has 1 aromatic rings. The minimum Gasteiger partial charge on any atom is -0.393 e. The number of aliphatic hydroxyl groups is 2. The van der Waals surface area contributed by atoms with Crippen molar-refractivity contribution in [1.82, 2.24) is 0 Å². The van der Waals surface area contributed by atoms with Gasteiger partial charge in [-0.05, 0) is 85.3 Å². The number of rotatable bonds is 1. The third kappa shape index (κ3) is 2.98. The summed E-state index contributed by atoms with van der Waals surface area (Å²) in [6.07, 6.45) is 11.3. The molecule has 2 nitrogen and oxygen atoms in total. The van der Waals surface area contributed by atoms with E-state index in [2.05, 4.69) is 26.0 Å². The van der Waals surface area contributed by atoms with Crippen molar-refractivity contribution in [3.05, 3.63) is 52.1 Å². The lowest BCUT2D eigenvalue weighted by atomic mass is 9.48. The molecule has 3 heteroatoms. The summed E-state index contributed by atoms with van der Waals surface area (Å²) in [5, 5.41) is 22.3. The molecule has 0 amide bonds. The zero-order chi connectivity index (χ0) is 20.4. The molecule has 0 aromatic heterocycles. The maximum atomic E-state index is 11.4. The van der Waals surface area contributed by atoms with Crippen LogP contribution in [0.1, 0.15) is 64.4 Å². The van der Waals surface area contributed by atoms with Crippen LogP contribution in [0.3, 0.4) is 0 Å². The molecule has 0 saturated heterocycles. The third-order valence-corrected chi connectivity index (χ3v) is 9.54. The minimum atomic E-state index is -0.379. The predicted molar refractivity (Wildman–Crippen MR) is 119 cm³/mol. The predicted octanol–water partition coefficient (Wildman–Crippen LogP) is 6.02. The highest BCUT2D eigenvalue weighted by Gasteiger charge is 2.59. The number of aliphatic hydroxyl groups excluding tert-OH is 2. The molecule has 4 aliphatic rings. The largest absolute Gasteiger partial charge is 0.393 e. The molecule has 0 spiro atoms. The van der Waals surface area contributed by atoms with Gasteiger partial charge >= 0.3 is 0 Å². The number of halogens is 1. The normalized spacial score (nSPS) is 45.3. The molecule has 2 N–H and O–H groups in total. The van der Waals surface area contributed by atoms with E-state index in [9.17, 15) is 10.2 Å². The van der Waals surface area contributed by atoms with Gasteiger partial charge in [0.15, 0.2) is 0 Å². The number of hydrogen-bond acceptors (Lipinski definition) is 2. The van der Waals surface area contributed by atoms with Gasteiger partial charge in [0.1, 0.15) is 0 Å². The van der Waals surface area contributed by atoms with E-state index in [0.717, 1.165) is 54.7 Å². The van der Waals surface area contributed by atoms with Crippen molar-refractivity contribution in [2.45, 2.75) is 71.0 Å². The van der Waals surface area contributed by atoms with Gasteiger partial charge in [0.05, 0.1) is 12.2 Å². The van der Waals surface area contributed by atoms with E-state index >= 15 is 0 Å². The van der Waals surface area contributed by atoms with Crippen LogP contribution in [0.25, 0.3) is 6.08 Å². The Hall–Kier alpha value is -1.09. The van der Waals surface area contributed by atoms with Gasteiger partial charge in [0.25, 0.3) is 0 Å². The molecule has 0 radical (unpaired) electrons. The van der Waals surface area contributed by atoms with E-state index in [0.29, 0.717) is 17.8 Å². The van der Waals surface area contributed by atoms with Crippen molar-refractivity contribution in [3.8, 4) is 0 Å². The fourth-order valence-electron chi connectivity index (χ4n) is 7.43. The fourth-order valence-corrected chi connectivity index (χ4v) is 7.62. The zero-order valence-electron chi connectivity index (χ0n) is 17.6. The molecule has 7 atom stereocenters. The van der Waals surface area contributed by atoms with Gasteiger partial charge < -0.3 is 10.2 Å². The number of hydrogen-bond donors (Lipinski definition) is 2. The second-order valence-electron chi connectivity index (χ2n) is 10.5. The minimum absolute atomic E-state index is 0.0376. The van der Waals surface area contributed by atoms with Crippen molar-refractivity contribution in [2.75, 3.05) is 0 Å². The van der Waals surface area contributed by atoms with Crippen LogP contribution in [0.5, 0.6) is 0 Å². The van der Waals surface area contributed by atoms with E-state index in [-0.39, 0.29) is 23.0 Å². The third-order valence-electron chi connectivity index (χ3n) is 9.19. The van der Waals surface area contributed by atoms with E-state index in [1.165, 1.54) is 12.0 Å². The van der Waals surface area contributed by atoms with Crippen LogP contribution in [0.4, 0.5) is 0 Å². The monoisotopic (exact) mass is 412 g/mol. The summed E-state index contributed by atoms with van der Waals surface area (Å²) in [6.45, 7) is 4.77. The molecule has 3 fully saturated rings. The highest BCUT2D eigenvalue weighted by atomic mass is 35.5. The van der Waals surface area contributed by atoms with Crippen LogP contribution in [0.2, 0.25) is 5.02 Å². The molecule has 0 bridgehead atoms. The molecule has 0 unspecified atom stereocenters. The standard InChI is InChI=1S/C26H33ClO2/c1-25-11-9-19(28)15-18(25)7-8-20-21(25)10-12-26(2)22(20)14-17(24(26)29)13-16-5-3-4-6-23(16)27/h3-7,13,19-22,24,28-29H,8-12,14-15H2,1-2H3/b17-13+/t19-,20-,21+,22+,24+,25-,26-/m0/s1. The Labute approximate surface area is 179 Å². The molecule has 0 heterocycles. The highest BCUT2D eigenvalue weighted by molar-refractivity contribution is 6.32. The van der Waals surface area contributed by atoms with Gasteiger partial charge in [0, 0.05) is 10.4 Å².